The van der Waals surface area contributed by atoms with Crippen molar-refractivity contribution in [3.05, 3.63) is 77.9 Å². The molecule has 1 aromatic heterocycles. The van der Waals surface area contributed by atoms with Crippen molar-refractivity contribution in [2.75, 3.05) is 33.5 Å². The van der Waals surface area contributed by atoms with Gasteiger partial charge in [0.2, 0.25) is 0 Å². The average molecular weight is 587 g/mol. The molecule has 1 aliphatic rings. The highest BCUT2D eigenvalue weighted by atomic mass is 35.5. The number of thiazole rings is 1. The number of hydrogen-bond donors (Lipinski definition) is 0. The molecule has 0 amide bonds. The predicted octanol–water partition coefficient (Wildman–Crippen LogP) is 4.27. The van der Waals surface area contributed by atoms with Gasteiger partial charge in [-0.3, -0.25) is 9.36 Å². The van der Waals surface area contributed by atoms with Crippen molar-refractivity contribution in [2.45, 2.75) is 33.7 Å². The summed E-state index contributed by atoms with van der Waals surface area (Å²) in [5.74, 6) is 1.43. The summed E-state index contributed by atoms with van der Waals surface area (Å²) >= 11 is 7.70. The Labute approximate surface area is 240 Å². The predicted molar refractivity (Wildman–Crippen MR) is 154 cm³/mol. The molecule has 0 saturated carbocycles. The average Bonchev–Trinajstić information content (AvgIpc) is 3.25. The zero-order valence-corrected chi connectivity index (χ0v) is 24.6. The van der Waals surface area contributed by atoms with Gasteiger partial charge in [-0.1, -0.05) is 29.0 Å². The fourth-order valence-corrected chi connectivity index (χ4v) is 5.60. The summed E-state index contributed by atoms with van der Waals surface area (Å²) in [5.41, 5.74) is 1.20. The van der Waals surface area contributed by atoms with Crippen molar-refractivity contribution in [2.24, 2.45) is 4.99 Å². The van der Waals surface area contributed by atoms with E-state index >= 15 is 0 Å². The third kappa shape index (κ3) is 5.88. The number of fused-ring (bicyclic) bond motifs is 1. The van der Waals surface area contributed by atoms with Crippen LogP contribution < -0.4 is 33.8 Å². The minimum absolute atomic E-state index is 0.218. The number of halogens is 1. The number of aromatic nitrogens is 1. The minimum Gasteiger partial charge on any atom is -0.490 e. The monoisotopic (exact) mass is 586 g/mol. The van der Waals surface area contributed by atoms with Crippen LogP contribution in [0.2, 0.25) is 5.02 Å². The number of carbonyl (C=O) groups is 1. The summed E-state index contributed by atoms with van der Waals surface area (Å²) in [4.78, 5) is 31.5. The molecular formula is C29H31ClN2O7S. The molecule has 0 unspecified atom stereocenters. The van der Waals surface area contributed by atoms with E-state index in [-0.39, 0.29) is 11.1 Å². The van der Waals surface area contributed by atoms with Crippen molar-refractivity contribution in [1.29, 1.82) is 0 Å². The zero-order valence-electron chi connectivity index (χ0n) is 23.0. The van der Waals surface area contributed by atoms with Crippen LogP contribution in [0.1, 0.15) is 44.9 Å². The van der Waals surface area contributed by atoms with Crippen LogP contribution in [0, 0.1) is 0 Å². The number of carbonyl (C=O) groups excluding carboxylic acids is 1. The van der Waals surface area contributed by atoms with Crippen molar-refractivity contribution in [3.63, 3.8) is 0 Å². The molecule has 3 aromatic rings. The zero-order chi connectivity index (χ0) is 28.8. The van der Waals surface area contributed by atoms with E-state index in [1.54, 1.807) is 36.4 Å². The molecule has 0 aliphatic carbocycles. The van der Waals surface area contributed by atoms with Gasteiger partial charge in [-0.2, -0.15) is 0 Å². The second-order valence-corrected chi connectivity index (χ2v) is 9.86. The maximum Gasteiger partial charge on any atom is 0.337 e. The van der Waals surface area contributed by atoms with E-state index in [4.69, 9.17) is 35.3 Å². The third-order valence-corrected chi connectivity index (χ3v) is 7.20. The molecule has 1 aliphatic heterocycles. The fraction of sp³-hybridized carbons (Fsp3) is 0.345. The van der Waals surface area contributed by atoms with Gasteiger partial charge in [-0.15, -0.1) is 0 Å². The summed E-state index contributed by atoms with van der Waals surface area (Å²) in [6, 6.07) is 8.05. The maximum atomic E-state index is 13.9. The van der Waals surface area contributed by atoms with Gasteiger partial charge in [-0.05, 0) is 69.2 Å². The molecule has 0 spiro atoms. The summed E-state index contributed by atoms with van der Waals surface area (Å²) in [6.45, 7) is 9.21. The van der Waals surface area contributed by atoms with Gasteiger partial charge in [0.1, 0.15) is 0 Å². The normalized spacial score (nSPS) is 14.6. The van der Waals surface area contributed by atoms with Crippen molar-refractivity contribution in [1.82, 2.24) is 4.57 Å². The lowest BCUT2D eigenvalue weighted by molar-refractivity contribution is -0.136. The molecule has 212 valence electrons. The molecule has 2 heterocycles. The van der Waals surface area contributed by atoms with Gasteiger partial charge < -0.3 is 23.7 Å². The van der Waals surface area contributed by atoms with Gasteiger partial charge in [0.05, 0.1) is 54.7 Å². The Morgan fingerprint density at radius 2 is 1.65 bits per heavy atom. The first-order chi connectivity index (χ1) is 19.4. The van der Waals surface area contributed by atoms with Gasteiger partial charge in [0.25, 0.3) is 5.56 Å². The van der Waals surface area contributed by atoms with E-state index in [9.17, 15) is 9.59 Å². The number of benzene rings is 2. The van der Waals surface area contributed by atoms with Crippen molar-refractivity contribution in [3.8, 4) is 23.0 Å². The fourth-order valence-electron chi connectivity index (χ4n) is 4.36. The lowest BCUT2D eigenvalue weighted by Crippen LogP contribution is -2.39. The van der Waals surface area contributed by atoms with E-state index in [2.05, 4.69) is 4.99 Å². The van der Waals surface area contributed by atoms with Gasteiger partial charge >= 0.3 is 5.97 Å². The van der Waals surface area contributed by atoms with Crippen LogP contribution in [-0.4, -0.2) is 44.1 Å². The lowest BCUT2D eigenvalue weighted by atomic mass is 9.97. The summed E-state index contributed by atoms with van der Waals surface area (Å²) in [5, 5.41) is 0.371. The Bertz CT molecular complexity index is 1610. The van der Waals surface area contributed by atoms with E-state index < -0.39 is 12.0 Å². The van der Waals surface area contributed by atoms with Crippen LogP contribution in [-0.2, 0) is 9.53 Å². The first-order valence-electron chi connectivity index (χ1n) is 12.9. The molecule has 1 atom stereocenters. The largest absolute Gasteiger partial charge is 0.490 e. The highest BCUT2D eigenvalue weighted by molar-refractivity contribution is 7.07. The van der Waals surface area contributed by atoms with Crippen LogP contribution in [0.15, 0.2) is 51.9 Å². The topological polar surface area (TPSA) is 97.6 Å². The standard InChI is InChI=1S/C29H31ClN2O7S/c1-6-36-21-11-10-18(15-22(21)37-7-2)25-19(28(34)35-5)16-31-29-32(25)27(33)24(40-29)14-17-12-20(30)26(39-9-4)23(13-17)38-8-3/h10-16,25H,6-9H2,1-5H3/b24-14-/t25-/m0/s1. The Hall–Kier alpha value is -3.76. The molecule has 2 aromatic carbocycles. The van der Waals surface area contributed by atoms with E-state index in [1.165, 1.54) is 29.2 Å². The number of hydrogen-bond acceptors (Lipinski definition) is 9. The summed E-state index contributed by atoms with van der Waals surface area (Å²) in [7, 11) is 1.29. The Balaban J connectivity index is 1.89. The quantitative estimate of drug-likeness (QED) is 0.310. The molecule has 0 N–H and O–H groups in total. The summed E-state index contributed by atoms with van der Waals surface area (Å²) in [6.07, 6.45) is 3.17. The molecule has 40 heavy (non-hydrogen) atoms. The van der Waals surface area contributed by atoms with Crippen LogP contribution in [0.5, 0.6) is 23.0 Å². The molecule has 4 rings (SSSR count). The molecule has 0 saturated heterocycles. The number of rotatable bonds is 11. The summed E-state index contributed by atoms with van der Waals surface area (Å²) < 4.78 is 29.8. The van der Waals surface area contributed by atoms with Crippen LogP contribution >= 0.6 is 22.9 Å². The van der Waals surface area contributed by atoms with Crippen molar-refractivity contribution >= 4 is 35.0 Å². The molecule has 0 radical (unpaired) electrons. The van der Waals surface area contributed by atoms with E-state index in [0.717, 1.165) is 0 Å². The number of ether oxygens (including phenoxy) is 5. The number of esters is 1. The lowest BCUT2D eigenvalue weighted by Gasteiger charge is -2.23. The second-order valence-electron chi connectivity index (χ2n) is 8.44. The number of methoxy groups -OCH3 is 1. The number of nitrogens with zero attached hydrogens (tertiary/aromatic N) is 2. The molecular weight excluding hydrogens is 556 g/mol. The first kappa shape index (κ1) is 29.2. The van der Waals surface area contributed by atoms with E-state index in [0.29, 0.717) is 74.9 Å². The minimum atomic E-state index is -0.788. The van der Waals surface area contributed by atoms with Crippen molar-refractivity contribution < 1.29 is 28.5 Å². The molecule has 9 nitrogen and oxygen atoms in total. The van der Waals surface area contributed by atoms with Gasteiger partial charge in [0.15, 0.2) is 27.8 Å². The molecule has 0 bridgehead atoms. The molecule has 0 fully saturated rings. The van der Waals surface area contributed by atoms with Crippen LogP contribution in [0.4, 0.5) is 0 Å². The van der Waals surface area contributed by atoms with E-state index in [1.807, 2.05) is 27.7 Å². The van der Waals surface area contributed by atoms with Gasteiger partial charge in [-0.25, -0.2) is 9.79 Å². The Morgan fingerprint density at radius 3 is 2.33 bits per heavy atom. The SMILES string of the molecule is CCOc1ccc([C@H]2C(C(=O)OC)=CN=c3s/c(=C\c4cc(Cl)c(OCC)c(OCC)c4)c(=O)n32)cc1OCC. The molecule has 11 heteroatoms. The maximum absolute atomic E-state index is 13.9. The first-order valence-corrected chi connectivity index (χ1v) is 14.1. The smallest absolute Gasteiger partial charge is 0.337 e. The third-order valence-electron chi connectivity index (χ3n) is 5.93. The van der Waals surface area contributed by atoms with Crippen LogP contribution in [0.25, 0.3) is 6.08 Å². The Morgan fingerprint density at radius 1 is 0.975 bits per heavy atom. The van der Waals surface area contributed by atoms with Crippen LogP contribution in [0.3, 0.4) is 0 Å². The second kappa shape index (κ2) is 13.1. The van der Waals surface area contributed by atoms with Gasteiger partial charge in [0, 0.05) is 6.20 Å². The highest BCUT2D eigenvalue weighted by Gasteiger charge is 2.31. The highest BCUT2D eigenvalue weighted by Crippen LogP contribution is 2.37. The Kier molecular flexibility index (Phi) is 9.54.